The van der Waals surface area contributed by atoms with Gasteiger partial charge in [-0.3, -0.25) is 9.67 Å². The van der Waals surface area contributed by atoms with Gasteiger partial charge in [-0.2, -0.15) is 5.10 Å². The van der Waals surface area contributed by atoms with Gasteiger partial charge in [-0.25, -0.2) is 4.39 Å². The Morgan fingerprint density at radius 2 is 1.95 bits per heavy atom. The molecule has 0 saturated carbocycles. The molecule has 1 heterocycles. The van der Waals surface area contributed by atoms with E-state index >= 15 is 0 Å². The molecule has 0 fully saturated rings. The number of rotatable bonds is 2. The minimum atomic E-state index is -0.299. The van der Waals surface area contributed by atoms with Crippen molar-refractivity contribution in [2.75, 3.05) is 0 Å². The van der Waals surface area contributed by atoms with Gasteiger partial charge in [0.1, 0.15) is 5.82 Å². The average Bonchev–Trinajstić information content (AvgIpc) is 2.85. The number of nitrogens with zero attached hydrogens (tertiary/aromatic N) is 2. The van der Waals surface area contributed by atoms with Gasteiger partial charge in [-0.1, -0.05) is 30.3 Å². The SMILES string of the molecule is Cc1cc(F)c(Br)cc1-n1c(-c2ccccc2)n[nH]c1=S. The predicted octanol–water partition coefficient (Wildman–Crippen LogP) is 4.81. The Hall–Kier alpha value is -1.79. The molecule has 0 amide bonds. The van der Waals surface area contributed by atoms with Crippen LogP contribution in [0.5, 0.6) is 0 Å². The molecule has 3 aromatic rings. The number of aryl methyl sites for hydroxylation is 1. The molecule has 0 spiro atoms. The number of aromatic nitrogens is 3. The van der Waals surface area contributed by atoms with Crippen molar-refractivity contribution in [3.8, 4) is 17.1 Å². The minimum absolute atomic E-state index is 0.299. The maximum Gasteiger partial charge on any atom is 0.200 e. The summed E-state index contributed by atoms with van der Waals surface area (Å²) in [6, 6.07) is 12.9. The molecule has 2 aromatic carbocycles. The Morgan fingerprint density at radius 3 is 2.67 bits per heavy atom. The molecule has 3 rings (SSSR count). The van der Waals surface area contributed by atoms with E-state index in [1.54, 1.807) is 6.07 Å². The quantitative estimate of drug-likeness (QED) is 0.663. The van der Waals surface area contributed by atoms with E-state index in [9.17, 15) is 4.39 Å². The number of H-pyrrole nitrogens is 1. The normalized spacial score (nSPS) is 10.8. The van der Waals surface area contributed by atoms with Crippen molar-refractivity contribution < 1.29 is 4.39 Å². The van der Waals surface area contributed by atoms with Crippen molar-refractivity contribution in [2.24, 2.45) is 0 Å². The molecule has 0 aliphatic carbocycles. The third kappa shape index (κ3) is 2.56. The standard InChI is InChI=1S/C15H11BrFN3S/c1-9-7-12(17)11(16)8-13(9)20-14(18-19-15(20)21)10-5-3-2-4-6-10/h2-8H,1H3,(H,19,21). The highest BCUT2D eigenvalue weighted by Crippen LogP contribution is 2.27. The van der Waals surface area contributed by atoms with Crippen molar-refractivity contribution in [3.05, 3.63) is 63.1 Å². The van der Waals surface area contributed by atoms with Crippen LogP contribution >= 0.6 is 28.1 Å². The van der Waals surface area contributed by atoms with Crippen molar-refractivity contribution in [1.29, 1.82) is 0 Å². The predicted molar refractivity (Wildman–Crippen MR) is 86.6 cm³/mol. The Morgan fingerprint density at radius 1 is 1.24 bits per heavy atom. The lowest BCUT2D eigenvalue weighted by Crippen LogP contribution is -2.01. The maximum absolute atomic E-state index is 13.6. The molecular weight excluding hydrogens is 353 g/mol. The highest BCUT2D eigenvalue weighted by Gasteiger charge is 2.14. The van der Waals surface area contributed by atoms with Crippen LogP contribution in [0.2, 0.25) is 0 Å². The lowest BCUT2D eigenvalue weighted by atomic mass is 10.1. The van der Waals surface area contributed by atoms with E-state index in [1.165, 1.54) is 6.07 Å². The first-order valence-electron chi connectivity index (χ1n) is 6.27. The lowest BCUT2D eigenvalue weighted by molar-refractivity contribution is 0.619. The Bertz CT molecular complexity index is 855. The molecule has 21 heavy (non-hydrogen) atoms. The number of halogens is 2. The maximum atomic E-state index is 13.6. The molecule has 0 aliphatic rings. The molecule has 0 unspecified atom stereocenters. The van der Waals surface area contributed by atoms with Crippen LogP contribution in [0.3, 0.4) is 0 Å². The molecule has 0 radical (unpaired) electrons. The van der Waals surface area contributed by atoms with E-state index in [0.717, 1.165) is 16.8 Å². The third-order valence-electron chi connectivity index (χ3n) is 3.18. The molecule has 6 heteroatoms. The van der Waals surface area contributed by atoms with E-state index < -0.39 is 0 Å². The summed E-state index contributed by atoms with van der Waals surface area (Å²) >= 11 is 8.54. The fourth-order valence-electron chi connectivity index (χ4n) is 2.18. The minimum Gasteiger partial charge on any atom is -0.268 e. The zero-order valence-corrected chi connectivity index (χ0v) is 13.5. The third-order valence-corrected chi connectivity index (χ3v) is 4.07. The van der Waals surface area contributed by atoms with Crippen LogP contribution in [0.15, 0.2) is 46.9 Å². The number of hydrogen-bond donors (Lipinski definition) is 1. The number of benzene rings is 2. The van der Waals surface area contributed by atoms with Gasteiger partial charge in [0.15, 0.2) is 10.6 Å². The molecular formula is C15H11BrFN3S. The summed E-state index contributed by atoms with van der Waals surface area (Å²) in [5.74, 6) is 0.398. The van der Waals surface area contributed by atoms with Gasteiger partial charge in [0.05, 0.1) is 10.2 Å². The van der Waals surface area contributed by atoms with Crippen molar-refractivity contribution in [3.63, 3.8) is 0 Å². The summed E-state index contributed by atoms with van der Waals surface area (Å²) in [6.45, 7) is 1.84. The van der Waals surface area contributed by atoms with Crippen LogP contribution in [0.1, 0.15) is 5.56 Å². The largest absolute Gasteiger partial charge is 0.268 e. The van der Waals surface area contributed by atoms with E-state index in [-0.39, 0.29) is 5.82 Å². The van der Waals surface area contributed by atoms with Gasteiger partial charge < -0.3 is 0 Å². The van der Waals surface area contributed by atoms with Crippen LogP contribution in [0.4, 0.5) is 4.39 Å². The summed E-state index contributed by atoms with van der Waals surface area (Å²) in [4.78, 5) is 0. The van der Waals surface area contributed by atoms with Gasteiger partial charge >= 0.3 is 0 Å². The molecule has 106 valence electrons. The van der Waals surface area contributed by atoms with Crippen molar-refractivity contribution >= 4 is 28.1 Å². The molecule has 1 N–H and O–H groups in total. The zero-order chi connectivity index (χ0) is 15.0. The van der Waals surface area contributed by atoms with Gasteiger partial charge in [0.25, 0.3) is 0 Å². The summed E-state index contributed by atoms with van der Waals surface area (Å²) in [7, 11) is 0. The van der Waals surface area contributed by atoms with Crippen LogP contribution in [0.25, 0.3) is 17.1 Å². The van der Waals surface area contributed by atoms with Gasteiger partial charge in [-0.05, 0) is 52.8 Å². The van der Waals surface area contributed by atoms with Crippen molar-refractivity contribution in [2.45, 2.75) is 6.92 Å². The second-order valence-corrected chi connectivity index (χ2v) is 5.85. The van der Waals surface area contributed by atoms with Crippen molar-refractivity contribution in [1.82, 2.24) is 14.8 Å². The Kier molecular flexibility index (Phi) is 3.73. The number of hydrogen-bond acceptors (Lipinski definition) is 2. The second kappa shape index (κ2) is 5.54. The molecule has 3 nitrogen and oxygen atoms in total. The van der Waals surface area contributed by atoms with Gasteiger partial charge in [0.2, 0.25) is 0 Å². The molecule has 0 aliphatic heterocycles. The lowest BCUT2D eigenvalue weighted by Gasteiger charge is -2.11. The van der Waals surface area contributed by atoms with E-state index in [2.05, 4.69) is 26.1 Å². The highest BCUT2D eigenvalue weighted by molar-refractivity contribution is 9.10. The molecule has 0 atom stereocenters. The Labute approximate surface area is 134 Å². The summed E-state index contributed by atoms with van der Waals surface area (Å²) in [5, 5.41) is 7.09. The van der Waals surface area contributed by atoms with Crippen LogP contribution < -0.4 is 0 Å². The summed E-state index contributed by atoms with van der Waals surface area (Å²) < 4.78 is 16.3. The smallest absolute Gasteiger partial charge is 0.200 e. The number of nitrogens with one attached hydrogen (secondary N) is 1. The van der Waals surface area contributed by atoms with E-state index in [4.69, 9.17) is 12.2 Å². The second-order valence-electron chi connectivity index (χ2n) is 4.61. The fourth-order valence-corrected chi connectivity index (χ4v) is 2.74. The first-order valence-corrected chi connectivity index (χ1v) is 7.47. The zero-order valence-electron chi connectivity index (χ0n) is 11.1. The van der Waals surface area contributed by atoms with Crippen LogP contribution in [-0.2, 0) is 0 Å². The monoisotopic (exact) mass is 363 g/mol. The van der Waals surface area contributed by atoms with Gasteiger partial charge in [-0.15, -0.1) is 0 Å². The fraction of sp³-hybridized carbons (Fsp3) is 0.0667. The van der Waals surface area contributed by atoms with E-state index in [0.29, 0.717) is 15.1 Å². The topological polar surface area (TPSA) is 33.6 Å². The molecule has 1 aromatic heterocycles. The molecule has 0 bridgehead atoms. The average molecular weight is 364 g/mol. The first-order chi connectivity index (χ1) is 10.1. The number of aromatic amines is 1. The summed E-state index contributed by atoms with van der Waals surface area (Å²) in [5.41, 5.74) is 2.51. The van der Waals surface area contributed by atoms with Crippen LogP contribution in [0, 0.1) is 17.5 Å². The van der Waals surface area contributed by atoms with E-state index in [1.807, 2.05) is 41.8 Å². The molecule has 0 saturated heterocycles. The highest BCUT2D eigenvalue weighted by atomic mass is 79.9. The van der Waals surface area contributed by atoms with Gasteiger partial charge in [0, 0.05) is 5.56 Å². The van der Waals surface area contributed by atoms with Crippen LogP contribution in [-0.4, -0.2) is 14.8 Å². The first kappa shape index (κ1) is 14.2. The Balaban J connectivity index is 2.27. The summed E-state index contributed by atoms with van der Waals surface area (Å²) in [6.07, 6.45) is 0.